The lowest BCUT2D eigenvalue weighted by molar-refractivity contribution is 0.297. The highest BCUT2D eigenvalue weighted by molar-refractivity contribution is 5.48. The maximum atomic E-state index is 5.72. The Morgan fingerprint density at radius 1 is 1.24 bits per heavy atom. The van der Waals surface area contributed by atoms with Crippen molar-refractivity contribution >= 4 is 0 Å². The van der Waals surface area contributed by atoms with Gasteiger partial charge in [-0.15, -0.1) is 0 Å². The zero-order valence-corrected chi connectivity index (χ0v) is 10.7. The largest absolute Gasteiger partial charge is 0.490 e. The summed E-state index contributed by atoms with van der Waals surface area (Å²) >= 11 is 0. The molecule has 1 aromatic carbocycles. The van der Waals surface area contributed by atoms with Gasteiger partial charge in [0.05, 0.1) is 13.2 Å². The second-order valence-corrected chi connectivity index (χ2v) is 4.68. The molecule has 94 valence electrons. The number of fused-ring (bicyclic) bond motifs is 1. The van der Waals surface area contributed by atoms with E-state index in [1.54, 1.807) is 0 Å². The van der Waals surface area contributed by atoms with Crippen LogP contribution in [0.1, 0.15) is 36.8 Å². The molecule has 1 aliphatic rings. The first-order chi connectivity index (χ1) is 8.22. The van der Waals surface area contributed by atoms with Crippen LogP contribution >= 0.6 is 0 Å². The van der Waals surface area contributed by atoms with Crippen LogP contribution in [0.4, 0.5) is 0 Å². The van der Waals surface area contributed by atoms with E-state index in [1.165, 1.54) is 11.1 Å². The lowest BCUT2D eigenvalue weighted by Gasteiger charge is -2.17. The average Bonchev–Trinajstić information content (AvgIpc) is 2.52. The predicted molar refractivity (Wildman–Crippen MR) is 68.9 cm³/mol. The fraction of sp³-hybridized carbons (Fsp3) is 0.571. The van der Waals surface area contributed by atoms with Gasteiger partial charge in [0.2, 0.25) is 0 Å². The van der Waals surface area contributed by atoms with Gasteiger partial charge in [-0.3, -0.25) is 0 Å². The summed E-state index contributed by atoms with van der Waals surface area (Å²) in [7, 11) is 0. The smallest absolute Gasteiger partial charge is 0.161 e. The van der Waals surface area contributed by atoms with Gasteiger partial charge in [0, 0.05) is 6.42 Å². The molecule has 2 N–H and O–H groups in total. The number of aryl methyl sites for hydroxylation is 1. The van der Waals surface area contributed by atoms with Crippen LogP contribution in [0.3, 0.4) is 0 Å². The van der Waals surface area contributed by atoms with E-state index >= 15 is 0 Å². The highest BCUT2D eigenvalue weighted by atomic mass is 16.5. The lowest BCUT2D eigenvalue weighted by atomic mass is 9.93. The number of ether oxygens (including phenoxy) is 2. The monoisotopic (exact) mass is 235 g/mol. The summed E-state index contributed by atoms with van der Waals surface area (Å²) < 4.78 is 11.4. The molecule has 0 bridgehead atoms. The molecule has 1 aliphatic heterocycles. The van der Waals surface area contributed by atoms with Crippen LogP contribution in [0.2, 0.25) is 0 Å². The van der Waals surface area contributed by atoms with Crippen molar-refractivity contribution in [2.75, 3.05) is 19.8 Å². The minimum Gasteiger partial charge on any atom is -0.490 e. The molecule has 17 heavy (non-hydrogen) atoms. The highest BCUT2D eigenvalue weighted by Gasteiger charge is 2.16. The summed E-state index contributed by atoms with van der Waals surface area (Å²) in [5.41, 5.74) is 8.20. The molecule has 3 heteroatoms. The van der Waals surface area contributed by atoms with Crippen LogP contribution in [0.5, 0.6) is 11.5 Å². The molecule has 0 amide bonds. The fourth-order valence-corrected chi connectivity index (χ4v) is 2.26. The molecule has 1 heterocycles. The molecule has 0 spiro atoms. The molecule has 0 radical (unpaired) electrons. The highest BCUT2D eigenvalue weighted by Crippen LogP contribution is 2.35. The summed E-state index contributed by atoms with van der Waals surface area (Å²) in [5.74, 6) is 2.23. The number of nitrogens with two attached hydrogens (primary N) is 1. The zero-order chi connectivity index (χ0) is 12.3. The maximum absolute atomic E-state index is 5.72. The summed E-state index contributed by atoms with van der Waals surface area (Å²) in [6.07, 6.45) is 1.95. The molecule has 1 aromatic rings. The van der Waals surface area contributed by atoms with E-state index in [2.05, 4.69) is 26.0 Å². The topological polar surface area (TPSA) is 44.5 Å². The fourth-order valence-electron chi connectivity index (χ4n) is 2.26. The van der Waals surface area contributed by atoms with Gasteiger partial charge in [-0.05, 0) is 49.1 Å². The molecule has 1 atom stereocenters. The summed E-state index contributed by atoms with van der Waals surface area (Å²) in [5, 5.41) is 0. The molecule has 3 nitrogen and oxygen atoms in total. The third kappa shape index (κ3) is 2.72. The standard InChI is InChI=1S/C14H21NO2/c1-10(4-5-15)12-9-14-13(8-11(12)2)16-6-3-7-17-14/h8-10H,3-7,15H2,1-2H3. The van der Waals surface area contributed by atoms with Gasteiger partial charge < -0.3 is 15.2 Å². The molecule has 0 saturated heterocycles. The maximum Gasteiger partial charge on any atom is 0.161 e. The quantitative estimate of drug-likeness (QED) is 0.875. The van der Waals surface area contributed by atoms with Gasteiger partial charge in [0.15, 0.2) is 11.5 Å². The first-order valence-electron chi connectivity index (χ1n) is 6.32. The molecule has 2 rings (SSSR count). The Hall–Kier alpha value is -1.22. The molecule has 1 unspecified atom stereocenters. The predicted octanol–water partition coefficient (Wildman–Crippen LogP) is 2.61. The number of rotatable bonds is 3. The molecular formula is C14H21NO2. The summed E-state index contributed by atoms with van der Waals surface area (Å²) in [6, 6.07) is 4.21. The van der Waals surface area contributed by atoms with Gasteiger partial charge in [-0.25, -0.2) is 0 Å². The first-order valence-corrected chi connectivity index (χ1v) is 6.32. The van der Waals surface area contributed by atoms with Crippen LogP contribution < -0.4 is 15.2 Å². The normalized spacial score (nSPS) is 16.4. The van der Waals surface area contributed by atoms with E-state index in [9.17, 15) is 0 Å². The van der Waals surface area contributed by atoms with Crippen molar-refractivity contribution < 1.29 is 9.47 Å². The van der Waals surface area contributed by atoms with Crippen molar-refractivity contribution in [3.63, 3.8) is 0 Å². The average molecular weight is 235 g/mol. The molecule has 0 fully saturated rings. The van der Waals surface area contributed by atoms with Crippen molar-refractivity contribution in [2.45, 2.75) is 32.6 Å². The van der Waals surface area contributed by atoms with Crippen molar-refractivity contribution in [1.29, 1.82) is 0 Å². The van der Waals surface area contributed by atoms with E-state index in [4.69, 9.17) is 15.2 Å². The summed E-state index contributed by atoms with van der Waals surface area (Å²) in [6.45, 7) is 6.52. The SMILES string of the molecule is Cc1cc2c(cc1C(C)CCN)OCCCO2. The zero-order valence-electron chi connectivity index (χ0n) is 10.7. The van der Waals surface area contributed by atoms with Gasteiger partial charge in [-0.2, -0.15) is 0 Å². The van der Waals surface area contributed by atoms with Gasteiger partial charge >= 0.3 is 0 Å². The second-order valence-electron chi connectivity index (χ2n) is 4.68. The Labute approximate surface area is 103 Å². The van der Waals surface area contributed by atoms with E-state index < -0.39 is 0 Å². The van der Waals surface area contributed by atoms with Crippen LogP contribution in [-0.4, -0.2) is 19.8 Å². The van der Waals surface area contributed by atoms with E-state index in [1.807, 2.05) is 0 Å². The first kappa shape index (κ1) is 12.2. The van der Waals surface area contributed by atoms with Crippen LogP contribution in [0.25, 0.3) is 0 Å². The summed E-state index contributed by atoms with van der Waals surface area (Å²) in [4.78, 5) is 0. The Kier molecular flexibility index (Phi) is 3.89. The Bertz CT molecular complexity index is 390. The minimum atomic E-state index is 0.470. The van der Waals surface area contributed by atoms with Crippen molar-refractivity contribution in [1.82, 2.24) is 0 Å². The molecular weight excluding hydrogens is 214 g/mol. The molecule has 0 saturated carbocycles. The van der Waals surface area contributed by atoms with Crippen LogP contribution in [-0.2, 0) is 0 Å². The van der Waals surface area contributed by atoms with E-state index in [0.29, 0.717) is 5.92 Å². The molecule has 0 aliphatic carbocycles. The Balaban J connectivity index is 2.31. The van der Waals surface area contributed by atoms with Gasteiger partial charge in [0.25, 0.3) is 0 Å². The Morgan fingerprint density at radius 2 is 1.88 bits per heavy atom. The minimum absolute atomic E-state index is 0.470. The van der Waals surface area contributed by atoms with Crippen LogP contribution in [0, 0.1) is 6.92 Å². The Morgan fingerprint density at radius 3 is 2.53 bits per heavy atom. The number of hydrogen-bond acceptors (Lipinski definition) is 3. The molecule has 0 aromatic heterocycles. The number of benzene rings is 1. The van der Waals surface area contributed by atoms with Crippen molar-refractivity contribution in [3.05, 3.63) is 23.3 Å². The van der Waals surface area contributed by atoms with E-state index in [0.717, 1.165) is 44.1 Å². The second kappa shape index (κ2) is 5.41. The van der Waals surface area contributed by atoms with Gasteiger partial charge in [-0.1, -0.05) is 6.92 Å². The van der Waals surface area contributed by atoms with Crippen molar-refractivity contribution in [3.8, 4) is 11.5 Å². The van der Waals surface area contributed by atoms with E-state index in [-0.39, 0.29) is 0 Å². The lowest BCUT2D eigenvalue weighted by Crippen LogP contribution is -2.06. The van der Waals surface area contributed by atoms with Crippen molar-refractivity contribution in [2.24, 2.45) is 5.73 Å². The third-order valence-corrected chi connectivity index (χ3v) is 3.27. The number of hydrogen-bond donors (Lipinski definition) is 1. The van der Waals surface area contributed by atoms with Crippen LogP contribution in [0.15, 0.2) is 12.1 Å². The van der Waals surface area contributed by atoms with Gasteiger partial charge in [0.1, 0.15) is 0 Å². The third-order valence-electron chi connectivity index (χ3n) is 3.27.